The van der Waals surface area contributed by atoms with Gasteiger partial charge in [-0.3, -0.25) is 4.79 Å². The summed E-state index contributed by atoms with van der Waals surface area (Å²) in [5.41, 5.74) is 0.612. The van der Waals surface area contributed by atoms with Gasteiger partial charge in [-0.2, -0.15) is 0 Å². The van der Waals surface area contributed by atoms with E-state index in [0.717, 1.165) is 0 Å². The maximum absolute atomic E-state index is 10.9. The molecule has 1 rings (SSSR count). The van der Waals surface area contributed by atoms with E-state index in [9.17, 15) is 4.79 Å². The minimum absolute atomic E-state index is 0.107. The normalized spacial score (nSPS) is 32.9. The molecule has 1 atom stereocenters. The molecule has 1 fully saturated rings. The average molecular weight is 191 g/mol. The van der Waals surface area contributed by atoms with Crippen molar-refractivity contribution in [1.82, 2.24) is 0 Å². The van der Waals surface area contributed by atoms with Crippen LogP contribution >= 0.6 is 23.5 Å². The number of thioether (sulfide) groups is 2. The van der Waals surface area contributed by atoms with E-state index < -0.39 is 0 Å². The summed E-state index contributed by atoms with van der Waals surface area (Å²) in [5.74, 6) is 0.701. The molecular formula is C6H9NO2S2. The van der Waals surface area contributed by atoms with E-state index in [2.05, 4.69) is 5.16 Å². The highest BCUT2D eigenvalue weighted by Gasteiger charge is 2.38. The molecule has 0 aromatic heterocycles. The third-order valence-corrected chi connectivity index (χ3v) is 4.49. The van der Waals surface area contributed by atoms with Crippen LogP contribution in [0.5, 0.6) is 0 Å². The van der Waals surface area contributed by atoms with E-state index >= 15 is 0 Å². The molecular weight excluding hydrogens is 182 g/mol. The lowest BCUT2D eigenvalue weighted by Crippen LogP contribution is -2.29. The van der Waals surface area contributed by atoms with E-state index in [1.807, 2.05) is 6.92 Å². The molecule has 0 amide bonds. The van der Waals surface area contributed by atoms with Crippen molar-refractivity contribution in [3.05, 3.63) is 0 Å². The molecule has 0 aromatic rings. The topological polar surface area (TPSA) is 49.7 Å². The first-order valence-electron chi connectivity index (χ1n) is 3.13. The molecule has 1 N–H and O–H groups in total. The van der Waals surface area contributed by atoms with Crippen molar-refractivity contribution >= 4 is 33.7 Å². The highest BCUT2D eigenvalue weighted by molar-refractivity contribution is 8.42. The summed E-state index contributed by atoms with van der Waals surface area (Å²) in [6, 6.07) is 0. The average Bonchev–Trinajstić information content (AvgIpc) is 2.31. The molecule has 3 nitrogen and oxygen atoms in total. The van der Waals surface area contributed by atoms with Crippen LogP contribution in [0.15, 0.2) is 5.16 Å². The summed E-state index contributed by atoms with van der Waals surface area (Å²) in [7, 11) is 0. The van der Waals surface area contributed by atoms with Gasteiger partial charge in [0.1, 0.15) is 0 Å². The van der Waals surface area contributed by atoms with Crippen molar-refractivity contribution in [2.75, 3.05) is 5.75 Å². The van der Waals surface area contributed by atoms with E-state index in [1.54, 1.807) is 6.92 Å². The minimum atomic E-state index is -0.295. The Hall–Kier alpha value is -0.160. The lowest BCUT2D eigenvalue weighted by atomic mass is 10.1. The van der Waals surface area contributed by atoms with E-state index in [-0.39, 0.29) is 9.19 Å². The Bertz CT molecular complexity index is 217. The van der Waals surface area contributed by atoms with Crippen molar-refractivity contribution in [3.8, 4) is 0 Å². The van der Waals surface area contributed by atoms with Crippen LogP contribution in [0.3, 0.4) is 0 Å². The SMILES string of the molecule is C/C(=N\O)C1(C)CSC(=O)S1. The van der Waals surface area contributed by atoms with Gasteiger partial charge in [0.05, 0.1) is 10.5 Å². The second-order valence-corrected chi connectivity index (χ2v) is 5.24. The second-order valence-electron chi connectivity index (χ2n) is 2.56. The molecule has 11 heavy (non-hydrogen) atoms. The summed E-state index contributed by atoms with van der Waals surface area (Å²) >= 11 is 2.51. The van der Waals surface area contributed by atoms with Crippen LogP contribution in [0.4, 0.5) is 4.79 Å². The largest absolute Gasteiger partial charge is 0.411 e. The number of nitrogens with zero attached hydrogens (tertiary/aromatic N) is 1. The molecule has 1 aliphatic rings. The number of oxime groups is 1. The van der Waals surface area contributed by atoms with Gasteiger partial charge in [0.2, 0.25) is 4.45 Å². The Morgan fingerprint density at radius 2 is 2.45 bits per heavy atom. The third-order valence-electron chi connectivity index (χ3n) is 1.69. The predicted molar refractivity (Wildman–Crippen MR) is 48.7 cm³/mol. The second kappa shape index (κ2) is 3.06. The molecule has 1 aliphatic heterocycles. The van der Waals surface area contributed by atoms with E-state index in [4.69, 9.17) is 5.21 Å². The van der Waals surface area contributed by atoms with Crippen LogP contribution in [-0.4, -0.2) is 25.9 Å². The van der Waals surface area contributed by atoms with Gasteiger partial charge in [0.25, 0.3) is 0 Å². The van der Waals surface area contributed by atoms with Crippen molar-refractivity contribution in [3.63, 3.8) is 0 Å². The first-order chi connectivity index (χ1) is 5.08. The van der Waals surface area contributed by atoms with Gasteiger partial charge >= 0.3 is 0 Å². The lowest BCUT2D eigenvalue weighted by Gasteiger charge is -2.17. The smallest absolute Gasteiger partial charge is 0.247 e. The lowest BCUT2D eigenvalue weighted by molar-refractivity contribution is 0.277. The summed E-state index contributed by atoms with van der Waals surface area (Å²) < 4.78 is -0.188. The number of rotatable bonds is 1. The predicted octanol–water partition coefficient (Wildman–Crippen LogP) is 2.20. The van der Waals surface area contributed by atoms with Crippen LogP contribution < -0.4 is 0 Å². The van der Waals surface area contributed by atoms with Gasteiger partial charge in [-0.15, -0.1) is 0 Å². The maximum atomic E-state index is 10.9. The minimum Gasteiger partial charge on any atom is -0.411 e. The third kappa shape index (κ3) is 1.70. The van der Waals surface area contributed by atoms with Crippen molar-refractivity contribution in [2.24, 2.45) is 5.16 Å². The molecule has 0 spiro atoms. The summed E-state index contributed by atoms with van der Waals surface area (Å²) in [4.78, 5) is 10.9. The molecule has 1 unspecified atom stereocenters. The van der Waals surface area contributed by atoms with Crippen molar-refractivity contribution < 1.29 is 10.0 Å². The molecule has 0 bridgehead atoms. The summed E-state index contributed by atoms with van der Waals surface area (Å²) in [6.45, 7) is 3.64. The Balaban J connectivity index is 2.77. The van der Waals surface area contributed by atoms with Gasteiger partial charge in [0, 0.05) is 5.75 Å². The first-order valence-corrected chi connectivity index (χ1v) is 4.93. The maximum Gasteiger partial charge on any atom is 0.247 e. The molecule has 0 aromatic carbocycles. The molecule has 1 saturated heterocycles. The summed E-state index contributed by atoms with van der Waals surface area (Å²) in [5, 5.41) is 11.6. The van der Waals surface area contributed by atoms with Crippen LogP contribution in [0.2, 0.25) is 0 Å². The van der Waals surface area contributed by atoms with Crippen LogP contribution in [0.1, 0.15) is 13.8 Å². The van der Waals surface area contributed by atoms with Gasteiger partial charge < -0.3 is 5.21 Å². The Morgan fingerprint density at radius 1 is 1.82 bits per heavy atom. The fourth-order valence-corrected chi connectivity index (χ4v) is 3.26. The molecule has 0 aliphatic carbocycles. The zero-order valence-corrected chi connectivity index (χ0v) is 7.96. The standard InChI is InChI=1S/C6H9NO2S2/c1-4(7-9)6(2)3-10-5(8)11-6/h9H,3H2,1-2H3/b7-4+. The molecule has 5 heteroatoms. The quantitative estimate of drug-likeness (QED) is 0.392. The van der Waals surface area contributed by atoms with E-state index in [1.165, 1.54) is 23.5 Å². The van der Waals surface area contributed by atoms with Gasteiger partial charge in [0.15, 0.2) is 0 Å². The fraction of sp³-hybridized carbons (Fsp3) is 0.667. The zero-order valence-electron chi connectivity index (χ0n) is 6.33. The molecule has 0 radical (unpaired) electrons. The van der Waals surface area contributed by atoms with Crippen molar-refractivity contribution in [1.29, 1.82) is 0 Å². The Morgan fingerprint density at radius 3 is 2.82 bits per heavy atom. The fourth-order valence-electron chi connectivity index (χ4n) is 0.724. The first kappa shape index (κ1) is 8.93. The van der Waals surface area contributed by atoms with Gasteiger partial charge in [-0.25, -0.2) is 0 Å². The Kier molecular flexibility index (Phi) is 2.49. The number of hydrogen-bond acceptors (Lipinski definition) is 5. The van der Waals surface area contributed by atoms with E-state index in [0.29, 0.717) is 11.5 Å². The highest BCUT2D eigenvalue weighted by atomic mass is 32.2. The summed E-state index contributed by atoms with van der Waals surface area (Å²) in [6.07, 6.45) is 0. The van der Waals surface area contributed by atoms with Crippen LogP contribution in [0, 0.1) is 0 Å². The molecule has 0 saturated carbocycles. The Labute approximate surface area is 73.6 Å². The molecule has 62 valence electrons. The number of carbonyl (C=O) groups excluding carboxylic acids is 1. The van der Waals surface area contributed by atoms with Crippen LogP contribution in [-0.2, 0) is 0 Å². The van der Waals surface area contributed by atoms with Crippen molar-refractivity contribution in [2.45, 2.75) is 18.6 Å². The van der Waals surface area contributed by atoms with Gasteiger partial charge in [-0.05, 0) is 13.8 Å². The highest BCUT2D eigenvalue weighted by Crippen LogP contribution is 2.42. The van der Waals surface area contributed by atoms with Crippen LogP contribution in [0.25, 0.3) is 0 Å². The molecule has 1 heterocycles. The monoisotopic (exact) mass is 191 g/mol. The number of hydrogen-bond donors (Lipinski definition) is 1. The van der Waals surface area contributed by atoms with Gasteiger partial charge in [-0.1, -0.05) is 28.7 Å². The number of carbonyl (C=O) groups is 1. The zero-order chi connectivity index (χ0) is 8.48.